The van der Waals surface area contributed by atoms with Crippen LogP contribution >= 0.6 is 34.5 Å². The molecule has 5 rings (SSSR count). The number of benzene rings is 1. The zero-order valence-corrected chi connectivity index (χ0v) is 21.7. The molecule has 0 radical (unpaired) electrons. The van der Waals surface area contributed by atoms with Gasteiger partial charge in [-0.1, -0.05) is 29.3 Å². The number of rotatable bonds is 6. The number of fused-ring (bicyclic) bond motifs is 1. The van der Waals surface area contributed by atoms with Crippen molar-refractivity contribution in [1.29, 1.82) is 0 Å². The Morgan fingerprint density at radius 1 is 1.14 bits per heavy atom. The maximum Gasteiger partial charge on any atom is 0.268 e. The normalized spacial score (nSPS) is 11.2. The summed E-state index contributed by atoms with van der Waals surface area (Å²) in [7, 11) is 0. The highest BCUT2D eigenvalue weighted by Crippen LogP contribution is 2.27. The van der Waals surface area contributed by atoms with E-state index < -0.39 is 0 Å². The standard InChI is InChI=1S/C25H20Cl2N6O2S/c1-14-8-21(31-33(14)17-5-6-19(26)20(27)9-17)23-15(2)30-25-32(24(23)35)18(13-36-25)10-22(34)29-12-16-4-3-7-28-11-16/h3-9,11,13H,10,12H2,1-2H3,(H,29,34). The summed E-state index contributed by atoms with van der Waals surface area (Å²) in [5.74, 6) is -0.202. The fourth-order valence-electron chi connectivity index (χ4n) is 3.93. The van der Waals surface area contributed by atoms with E-state index in [9.17, 15) is 9.59 Å². The van der Waals surface area contributed by atoms with E-state index in [2.05, 4.69) is 20.4 Å². The van der Waals surface area contributed by atoms with Crippen molar-refractivity contribution >= 4 is 45.4 Å². The molecular weight excluding hydrogens is 519 g/mol. The van der Waals surface area contributed by atoms with Crippen LogP contribution in [0.3, 0.4) is 0 Å². The van der Waals surface area contributed by atoms with Crippen LogP contribution in [0, 0.1) is 13.8 Å². The van der Waals surface area contributed by atoms with Crippen LogP contribution in [0.4, 0.5) is 0 Å². The van der Waals surface area contributed by atoms with Crippen molar-refractivity contribution in [3.8, 4) is 16.9 Å². The first-order valence-corrected chi connectivity index (χ1v) is 12.6. The summed E-state index contributed by atoms with van der Waals surface area (Å²) >= 11 is 13.6. The second-order valence-corrected chi connectivity index (χ2v) is 9.87. The molecule has 0 aliphatic rings. The van der Waals surface area contributed by atoms with Crippen molar-refractivity contribution in [2.45, 2.75) is 26.8 Å². The second kappa shape index (κ2) is 9.85. The number of aryl methyl sites for hydroxylation is 2. The van der Waals surface area contributed by atoms with Gasteiger partial charge in [0.15, 0.2) is 4.96 Å². The minimum absolute atomic E-state index is 0.0427. The Morgan fingerprint density at radius 2 is 1.97 bits per heavy atom. The molecular formula is C25H20Cl2N6O2S. The van der Waals surface area contributed by atoms with Gasteiger partial charge in [-0.3, -0.25) is 19.0 Å². The molecule has 0 unspecified atom stereocenters. The van der Waals surface area contributed by atoms with Crippen molar-refractivity contribution in [3.05, 3.63) is 97.2 Å². The molecule has 0 fully saturated rings. The molecule has 0 saturated carbocycles. The summed E-state index contributed by atoms with van der Waals surface area (Å²) in [6.45, 7) is 4.03. The molecule has 4 aromatic heterocycles. The highest BCUT2D eigenvalue weighted by Gasteiger charge is 2.20. The van der Waals surface area contributed by atoms with Gasteiger partial charge in [-0.05, 0) is 49.7 Å². The monoisotopic (exact) mass is 538 g/mol. The molecule has 0 bridgehead atoms. The van der Waals surface area contributed by atoms with Gasteiger partial charge in [0, 0.05) is 35.7 Å². The number of carbonyl (C=O) groups excluding carboxylic acids is 1. The lowest BCUT2D eigenvalue weighted by atomic mass is 10.1. The van der Waals surface area contributed by atoms with Gasteiger partial charge < -0.3 is 5.32 Å². The Labute approximate surface area is 220 Å². The van der Waals surface area contributed by atoms with Gasteiger partial charge in [-0.15, -0.1) is 11.3 Å². The van der Waals surface area contributed by atoms with E-state index in [0.29, 0.717) is 44.2 Å². The molecule has 0 aliphatic carbocycles. The number of pyridine rings is 1. The van der Waals surface area contributed by atoms with Gasteiger partial charge in [0.2, 0.25) is 5.91 Å². The molecule has 36 heavy (non-hydrogen) atoms. The first kappa shape index (κ1) is 24.2. The number of hydrogen-bond donors (Lipinski definition) is 1. The highest BCUT2D eigenvalue weighted by molar-refractivity contribution is 7.15. The van der Waals surface area contributed by atoms with Crippen LogP contribution in [0.2, 0.25) is 10.0 Å². The third-order valence-corrected chi connectivity index (χ3v) is 7.28. The minimum Gasteiger partial charge on any atom is -0.352 e. The summed E-state index contributed by atoms with van der Waals surface area (Å²) in [5, 5.41) is 10.2. The summed E-state index contributed by atoms with van der Waals surface area (Å²) in [4.78, 5) is 35.5. The molecule has 1 N–H and O–H groups in total. The fourth-order valence-corrected chi connectivity index (χ4v) is 5.15. The van der Waals surface area contributed by atoms with Crippen molar-refractivity contribution in [1.82, 2.24) is 29.5 Å². The molecule has 4 heterocycles. The van der Waals surface area contributed by atoms with Gasteiger partial charge >= 0.3 is 0 Å². The van der Waals surface area contributed by atoms with Gasteiger partial charge in [-0.25, -0.2) is 9.67 Å². The molecule has 5 aromatic rings. The van der Waals surface area contributed by atoms with E-state index in [1.54, 1.807) is 47.6 Å². The quantitative estimate of drug-likeness (QED) is 0.335. The van der Waals surface area contributed by atoms with Crippen LogP contribution < -0.4 is 10.9 Å². The van der Waals surface area contributed by atoms with Crippen molar-refractivity contribution in [2.75, 3.05) is 0 Å². The highest BCUT2D eigenvalue weighted by atomic mass is 35.5. The number of hydrogen-bond acceptors (Lipinski definition) is 6. The molecule has 1 amide bonds. The van der Waals surface area contributed by atoms with E-state index in [4.69, 9.17) is 23.2 Å². The molecule has 8 nitrogen and oxygen atoms in total. The van der Waals surface area contributed by atoms with Crippen molar-refractivity contribution in [2.24, 2.45) is 0 Å². The third kappa shape index (κ3) is 4.65. The molecule has 0 spiro atoms. The zero-order chi connectivity index (χ0) is 25.4. The number of aromatic nitrogens is 5. The lowest BCUT2D eigenvalue weighted by molar-refractivity contribution is -0.120. The Hall–Kier alpha value is -3.53. The Bertz CT molecular complexity index is 1660. The SMILES string of the molecule is Cc1nc2scc(CC(=O)NCc3cccnc3)n2c(=O)c1-c1cc(C)n(-c2ccc(Cl)c(Cl)c2)n1. The van der Waals surface area contributed by atoms with Crippen molar-refractivity contribution in [3.63, 3.8) is 0 Å². The number of halogens is 2. The molecule has 11 heteroatoms. The Morgan fingerprint density at radius 3 is 2.72 bits per heavy atom. The molecule has 1 aromatic carbocycles. The van der Waals surface area contributed by atoms with E-state index in [1.165, 1.54) is 15.7 Å². The second-order valence-electron chi connectivity index (χ2n) is 8.22. The number of thiazole rings is 1. The number of carbonyl (C=O) groups is 1. The molecule has 0 atom stereocenters. The van der Waals surface area contributed by atoms with E-state index >= 15 is 0 Å². The maximum atomic E-state index is 13.7. The lowest BCUT2D eigenvalue weighted by Gasteiger charge is -2.07. The summed E-state index contributed by atoms with van der Waals surface area (Å²) in [5.41, 5.74) is 4.16. The Balaban J connectivity index is 1.48. The van der Waals surface area contributed by atoms with Crippen molar-refractivity contribution < 1.29 is 4.79 Å². The summed E-state index contributed by atoms with van der Waals surface area (Å²) in [6.07, 6.45) is 3.42. The van der Waals surface area contributed by atoms with Crippen LogP contribution in [0.1, 0.15) is 22.6 Å². The topological polar surface area (TPSA) is 94.2 Å². The van der Waals surface area contributed by atoms with Crippen LogP contribution in [0.15, 0.2) is 59.0 Å². The first-order valence-electron chi connectivity index (χ1n) is 11.0. The number of nitrogens with zero attached hydrogens (tertiary/aromatic N) is 5. The largest absolute Gasteiger partial charge is 0.352 e. The van der Waals surface area contributed by atoms with Crippen LogP contribution in [0.25, 0.3) is 21.9 Å². The molecule has 0 aliphatic heterocycles. The van der Waals surface area contributed by atoms with Crippen LogP contribution in [-0.2, 0) is 17.8 Å². The van der Waals surface area contributed by atoms with Crippen LogP contribution in [0.5, 0.6) is 0 Å². The van der Waals surface area contributed by atoms with Crippen LogP contribution in [-0.4, -0.2) is 30.1 Å². The first-order chi connectivity index (χ1) is 17.3. The number of amides is 1. The average molecular weight is 539 g/mol. The average Bonchev–Trinajstić information content (AvgIpc) is 3.43. The fraction of sp³-hybridized carbons (Fsp3) is 0.160. The predicted octanol–water partition coefficient (Wildman–Crippen LogP) is 4.79. The van der Waals surface area contributed by atoms with Gasteiger partial charge in [0.05, 0.1) is 33.4 Å². The van der Waals surface area contributed by atoms with Gasteiger partial charge in [-0.2, -0.15) is 5.10 Å². The minimum atomic E-state index is -0.271. The lowest BCUT2D eigenvalue weighted by Crippen LogP contribution is -2.27. The molecule has 0 saturated heterocycles. The zero-order valence-electron chi connectivity index (χ0n) is 19.3. The molecule has 182 valence electrons. The van der Waals surface area contributed by atoms with Gasteiger partial charge in [0.25, 0.3) is 5.56 Å². The maximum absolute atomic E-state index is 13.7. The van der Waals surface area contributed by atoms with Gasteiger partial charge in [0.1, 0.15) is 5.69 Å². The van der Waals surface area contributed by atoms with E-state index in [1.807, 2.05) is 25.1 Å². The summed E-state index contributed by atoms with van der Waals surface area (Å²) < 4.78 is 3.19. The third-order valence-electron chi connectivity index (χ3n) is 5.67. The Kier molecular flexibility index (Phi) is 6.61. The predicted molar refractivity (Wildman–Crippen MR) is 141 cm³/mol. The summed E-state index contributed by atoms with van der Waals surface area (Å²) in [6, 6.07) is 10.7. The van der Waals surface area contributed by atoms with E-state index in [-0.39, 0.29) is 17.9 Å². The number of nitrogens with one attached hydrogen (secondary N) is 1. The van der Waals surface area contributed by atoms with E-state index in [0.717, 1.165) is 16.9 Å². The smallest absolute Gasteiger partial charge is 0.268 e.